The van der Waals surface area contributed by atoms with Crippen molar-refractivity contribution in [3.05, 3.63) is 46.5 Å². The van der Waals surface area contributed by atoms with Crippen molar-refractivity contribution in [2.24, 2.45) is 0 Å². The minimum atomic E-state index is 0.166. The predicted octanol–water partition coefficient (Wildman–Crippen LogP) is 1.73. The maximum atomic E-state index is 4.48. The molecular formula is C13H13N5S. The highest BCUT2D eigenvalue weighted by Crippen LogP contribution is 2.34. The molecule has 3 aromatic rings. The van der Waals surface area contributed by atoms with Gasteiger partial charge >= 0.3 is 0 Å². The van der Waals surface area contributed by atoms with Crippen molar-refractivity contribution in [2.45, 2.75) is 19.4 Å². The first-order chi connectivity index (χ1) is 9.33. The summed E-state index contributed by atoms with van der Waals surface area (Å²) in [6, 6.07) is 6.20. The largest absolute Gasteiger partial charge is 0.304 e. The maximum Gasteiger partial charge on any atom is 0.212 e. The highest BCUT2D eigenvalue weighted by molar-refractivity contribution is 7.17. The fourth-order valence-corrected chi connectivity index (χ4v) is 3.81. The van der Waals surface area contributed by atoms with Crippen molar-refractivity contribution in [1.82, 2.24) is 24.9 Å². The van der Waals surface area contributed by atoms with Crippen LogP contribution in [0.25, 0.3) is 4.96 Å². The van der Waals surface area contributed by atoms with Crippen LogP contribution in [0.15, 0.2) is 24.4 Å². The van der Waals surface area contributed by atoms with Crippen molar-refractivity contribution in [3.63, 3.8) is 0 Å². The van der Waals surface area contributed by atoms with Crippen LogP contribution in [0, 0.1) is 6.92 Å². The molecule has 1 atom stereocenters. The normalized spacial score (nSPS) is 18.7. The highest BCUT2D eigenvalue weighted by atomic mass is 32.1. The summed E-state index contributed by atoms with van der Waals surface area (Å²) in [6.45, 7) is 2.88. The zero-order valence-corrected chi connectivity index (χ0v) is 11.3. The number of hydrogen-bond acceptors (Lipinski definition) is 5. The molecule has 0 fully saturated rings. The molecule has 0 saturated heterocycles. The molecule has 0 spiro atoms. The SMILES string of the molecule is Cc1nc2sc3c(n2n1)CCNC3c1ccccn1. The van der Waals surface area contributed by atoms with E-state index in [1.165, 1.54) is 10.6 Å². The lowest BCUT2D eigenvalue weighted by Gasteiger charge is -2.22. The van der Waals surface area contributed by atoms with Gasteiger partial charge in [0, 0.05) is 19.2 Å². The minimum Gasteiger partial charge on any atom is -0.304 e. The number of fused-ring (bicyclic) bond motifs is 3. The summed E-state index contributed by atoms with van der Waals surface area (Å²) in [6.07, 6.45) is 2.83. The number of rotatable bonds is 1. The number of thiazole rings is 1. The average Bonchev–Trinajstić information content (AvgIpc) is 2.95. The van der Waals surface area contributed by atoms with E-state index in [4.69, 9.17) is 0 Å². The predicted molar refractivity (Wildman–Crippen MR) is 73.4 cm³/mol. The second-order valence-corrected chi connectivity index (χ2v) is 5.67. The minimum absolute atomic E-state index is 0.166. The van der Waals surface area contributed by atoms with Gasteiger partial charge in [-0.25, -0.2) is 9.50 Å². The van der Waals surface area contributed by atoms with Crippen LogP contribution in [0.3, 0.4) is 0 Å². The van der Waals surface area contributed by atoms with Crippen LogP contribution in [-0.2, 0) is 6.42 Å². The van der Waals surface area contributed by atoms with Gasteiger partial charge in [0.1, 0.15) is 5.82 Å². The van der Waals surface area contributed by atoms with E-state index in [1.54, 1.807) is 11.3 Å². The van der Waals surface area contributed by atoms with Gasteiger partial charge in [-0.2, -0.15) is 5.10 Å². The summed E-state index contributed by atoms with van der Waals surface area (Å²) in [5.41, 5.74) is 2.33. The van der Waals surface area contributed by atoms with Crippen LogP contribution < -0.4 is 5.32 Å². The third-order valence-corrected chi connectivity index (χ3v) is 4.52. The van der Waals surface area contributed by atoms with Gasteiger partial charge in [-0.15, -0.1) is 0 Å². The Labute approximate surface area is 114 Å². The Kier molecular flexibility index (Phi) is 2.39. The van der Waals surface area contributed by atoms with E-state index in [2.05, 4.69) is 26.4 Å². The van der Waals surface area contributed by atoms with E-state index in [1.807, 2.05) is 29.8 Å². The van der Waals surface area contributed by atoms with E-state index in [9.17, 15) is 0 Å². The molecule has 1 unspecified atom stereocenters. The van der Waals surface area contributed by atoms with Crippen LogP contribution in [0.1, 0.15) is 28.1 Å². The molecule has 0 saturated carbocycles. The monoisotopic (exact) mass is 271 g/mol. The van der Waals surface area contributed by atoms with Crippen molar-refractivity contribution in [2.75, 3.05) is 6.54 Å². The quantitative estimate of drug-likeness (QED) is 0.732. The van der Waals surface area contributed by atoms with Crippen molar-refractivity contribution < 1.29 is 0 Å². The Morgan fingerprint density at radius 1 is 1.42 bits per heavy atom. The summed E-state index contributed by atoms with van der Waals surface area (Å²) >= 11 is 1.71. The van der Waals surface area contributed by atoms with Crippen LogP contribution in [0.4, 0.5) is 0 Å². The lowest BCUT2D eigenvalue weighted by Crippen LogP contribution is -2.30. The first kappa shape index (κ1) is 11.1. The van der Waals surface area contributed by atoms with Gasteiger partial charge < -0.3 is 5.32 Å². The molecule has 5 nitrogen and oxygen atoms in total. The molecule has 4 heterocycles. The molecule has 0 aliphatic carbocycles. The lowest BCUT2D eigenvalue weighted by atomic mass is 10.0. The molecule has 0 radical (unpaired) electrons. The molecule has 6 heteroatoms. The van der Waals surface area contributed by atoms with E-state index in [-0.39, 0.29) is 6.04 Å². The van der Waals surface area contributed by atoms with E-state index in [0.29, 0.717) is 0 Å². The summed E-state index contributed by atoms with van der Waals surface area (Å²) in [4.78, 5) is 11.2. The lowest BCUT2D eigenvalue weighted by molar-refractivity contribution is 0.551. The van der Waals surface area contributed by atoms with Crippen molar-refractivity contribution in [1.29, 1.82) is 0 Å². The Morgan fingerprint density at radius 3 is 3.21 bits per heavy atom. The van der Waals surface area contributed by atoms with Gasteiger partial charge in [0.2, 0.25) is 4.96 Å². The third-order valence-electron chi connectivity index (χ3n) is 3.38. The summed E-state index contributed by atoms with van der Waals surface area (Å²) < 4.78 is 1.99. The molecular weight excluding hydrogens is 258 g/mol. The van der Waals surface area contributed by atoms with Crippen LogP contribution in [-0.4, -0.2) is 26.1 Å². The second-order valence-electron chi connectivity index (χ2n) is 4.66. The molecule has 4 rings (SSSR count). The summed E-state index contributed by atoms with van der Waals surface area (Å²) in [5.74, 6) is 0.835. The van der Waals surface area contributed by atoms with E-state index >= 15 is 0 Å². The smallest absolute Gasteiger partial charge is 0.212 e. The Hall–Kier alpha value is -1.79. The molecule has 0 amide bonds. The Morgan fingerprint density at radius 2 is 2.37 bits per heavy atom. The number of aryl methyl sites for hydroxylation is 1. The second kappa shape index (κ2) is 4.11. The third kappa shape index (κ3) is 1.67. The first-order valence-electron chi connectivity index (χ1n) is 6.32. The summed E-state index contributed by atoms with van der Waals surface area (Å²) in [5, 5.41) is 8.02. The molecule has 0 aromatic carbocycles. The topological polar surface area (TPSA) is 55.1 Å². The fraction of sp³-hybridized carbons (Fsp3) is 0.308. The molecule has 3 aromatic heterocycles. The van der Waals surface area contributed by atoms with Crippen LogP contribution in [0.5, 0.6) is 0 Å². The van der Waals surface area contributed by atoms with Crippen LogP contribution in [0.2, 0.25) is 0 Å². The number of nitrogens with zero attached hydrogens (tertiary/aromatic N) is 4. The van der Waals surface area contributed by atoms with E-state index in [0.717, 1.165) is 29.4 Å². The zero-order chi connectivity index (χ0) is 12.8. The number of hydrogen-bond donors (Lipinski definition) is 1. The summed E-state index contributed by atoms with van der Waals surface area (Å²) in [7, 11) is 0. The van der Waals surface area contributed by atoms with Crippen LogP contribution >= 0.6 is 11.3 Å². The first-order valence-corrected chi connectivity index (χ1v) is 7.14. The molecule has 19 heavy (non-hydrogen) atoms. The molecule has 1 aliphatic heterocycles. The number of aromatic nitrogens is 4. The molecule has 0 bridgehead atoms. The Bertz CT molecular complexity index is 730. The molecule has 96 valence electrons. The number of pyridine rings is 1. The zero-order valence-electron chi connectivity index (χ0n) is 10.5. The van der Waals surface area contributed by atoms with Gasteiger partial charge in [0.25, 0.3) is 0 Å². The van der Waals surface area contributed by atoms with E-state index < -0.39 is 0 Å². The van der Waals surface area contributed by atoms with Gasteiger partial charge in [0.15, 0.2) is 0 Å². The standard InChI is InChI=1S/C13H13N5S/c1-8-16-13-18(17-8)10-5-7-15-11(12(10)19-13)9-4-2-3-6-14-9/h2-4,6,11,15H,5,7H2,1H3. The Balaban J connectivity index is 1.89. The number of nitrogens with one attached hydrogen (secondary N) is 1. The highest BCUT2D eigenvalue weighted by Gasteiger charge is 2.27. The average molecular weight is 271 g/mol. The van der Waals surface area contributed by atoms with Gasteiger partial charge in [0.05, 0.1) is 22.3 Å². The van der Waals surface area contributed by atoms with Gasteiger partial charge in [-0.1, -0.05) is 17.4 Å². The maximum absolute atomic E-state index is 4.48. The molecule has 1 N–H and O–H groups in total. The molecule has 1 aliphatic rings. The van der Waals surface area contributed by atoms with Gasteiger partial charge in [-0.3, -0.25) is 4.98 Å². The van der Waals surface area contributed by atoms with Crippen molar-refractivity contribution in [3.8, 4) is 0 Å². The fourth-order valence-electron chi connectivity index (χ4n) is 2.57. The van der Waals surface area contributed by atoms with Gasteiger partial charge in [-0.05, 0) is 19.1 Å². The van der Waals surface area contributed by atoms with Crippen molar-refractivity contribution >= 4 is 16.3 Å².